The number of ether oxygens (including phenoxy) is 2. The zero-order valence-electron chi connectivity index (χ0n) is 20.1. The lowest BCUT2D eigenvalue weighted by atomic mass is 10.1. The fourth-order valence-corrected chi connectivity index (χ4v) is 5.28. The molecule has 0 bridgehead atoms. The fraction of sp³-hybridized carbons (Fsp3) is 0.538. The van der Waals surface area contributed by atoms with Crippen molar-refractivity contribution in [1.29, 1.82) is 0 Å². The zero-order valence-corrected chi connectivity index (χ0v) is 20.1. The van der Waals surface area contributed by atoms with Crippen molar-refractivity contribution < 1.29 is 9.47 Å². The van der Waals surface area contributed by atoms with Gasteiger partial charge in [0.1, 0.15) is 34.9 Å². The van der Waals surface area contributed by atoms with Crippen molar-refractivity contribution in [1.82, 2.24) is 14.9 Å². The highest BCUT2D eigenvalue weighted by Crippen LogP contribution is 2.42. The summed E-state index contributed by atoms with van der Waals surface area (Å²) in [5, 5.41) is 0. The number of methoxy groups -OCH3 is 1. The van der Waals surface area contributed by atoms with Crippen molar-refractivity contribution in [2.24, 2.45) is 0 Å². The second-order valence-electron chi connectivity index (χ2n) is 9.55. The summed E-state index contributed by atoms with van der Waals surface area (Å²) in [7, 11) is 5.92. The molecule has 0 radical (unpaired) electrons. The van der Waals surface area contributed by atoms with E-state index in [1.807, 2.05) is 25.4 Å². The molecular formula is C26H35N5O2. The van der Waals surface area contributed by atoms with Gasteiger partial charge in [0.15, 0.2) is 5.82 Å². The van der Waals surface area contributed by atoms with E-state index in [0.29, 0.717) is 12.5 Å². The van der Waals surface area contributed by atoms with Gasteiger partial charge in [-0.25, -0.2) is 9.97 Å². The van der Waals surface area contributed by atoms with Crippen LogP contribution in [-0.2, 0) is 6.42 Å². The topological polar surface area (TPSA) is 54.0 Å². The van der Waals surface area contributed by atoms with Crippen LogP contribution >= 0.6 is 0 Å². The lowest BCUT2D eigenvalue weighted by Gasteiger charge is -2.29. The Bertz CT molecular complexity index is 1010. The monoisotopic (exact) mass is 449 g/mol. The number of benzene rings is 1. The molecule has 1 aromatic carbocycles. The third-order valence-corrected chi connectivity index (χ3v) is 7.32. The minimum atomic E-state index is 0.267. The van der Waals surface area contributed by atoms with Crippen molar-refractivity contribution in [3.63, 3.8) is 0 Å². The van der Waals surface area contributed by atoms with E-state index in [2.05, 4.69) is 39.4 Å². The number of aromatic nitrogens is 2. The predicted molar refractivity (Wildman–Crippen MR) is 131 cm³/mol. The van der Waals surface area contributed by atoms with Crippen LogP contribution in [0, 0.1) is 0 Å². The maximum absolute atomic E-state index is 6.25. The van der Waals surface area contributed by atoms with Crippen LogP contribution in [-0.4, -0.2) is 61.3 Å². The van der Waals surface area contributed by atoms with E-state index >= 15 is 0 Å². The summed E-state index contributed by atoms with van der Waals surface area (Å²) in [5.41, 5.74) is 2.09. The Morgan fingerprint density at radius 1 is 1.09 bits per heavy atom. The maximum atomic E-state index is 6.25. The van der Waals surface area contributed by atoms with Gasteiger partial charge in [0.25, 0.3) is 0 Å². The molecule has 3 heterocycles. The highest BCUT2D eigenvalue weighted by Gasteiger charge is 2.36. The van der Waals surface area contributed by atoms with Gasteiger partial charge in [-0.15, -0.1) is 0 Å². The lowest BCUT2D eigenvalue weighted by molar-refractivity contribution is 0.114. The number of piperidine rings is 1. The summed E-state index contributed by atoms with van der Waals surface area (Å²) in [6, 6.07) is 6.61. The number of hydrogen-bond acceptors (Lipinski definition) is 7. The molecule has 7 heteroatoms. The summed E-state index contributed by atoms with van der Waals surface area (Å²) < 4.78 is 12.0. The van der Waals surface area contributed by atoms with E-state index < -0.39 is 0 Å². The molecule has 7 nitrogen and oxygen atoms in total. The lowest BCUT2D eigenvalue weighted by Crippen LogP contribution is -2.35. The quantitative estimate of drug-likeness (QED) is 0.654. The van der Waals surface area contributed by atoms with Crippen molar-refractivity contribution in [3.8, 4) is 11.5 Å². The highest BCUT2D eigenvalue weighted by atomic mass is 16.5. The molecule has 3 aliphatic rings. The molecule has 176 valence electrons. The number of hydrogen-bond donors (Lipinski definition) is 0. The average Bonchev–Trinajstić information content (AvgIpc) is 3.43. The van der Waals surface area contributed by atoms with Gasteiger partial charge < -0.3 is 24.2 Å². The third kappa shape index (κ3) is 4.38. The maximum Gasteiger partial charge on any atom is 0.162 e. The minimum Gasteiger partial charge on any atom is -0.496 e. The second-order valence-corrected chi connectivity index (χ2v) is 9.55. The van der Waals surface area contributed by atoms with Crippen molar-refractivity contribution >= 4 is 11.5 Å². The van der Waals surface area contributed by atoms with Crippen LogP contribution in [0.5, 0.6) is 11.5 Å². The van der Waals surface area contributed by atoms with Gasteiger partial charge in [0.2, 0.25) is 0 Å². The molecule has 0 amide bonds. The van der Waals surface area contributed by atoms with Crippen LogP contribution in [0.3, 0.4) is 0 Å². The van der Waals surface area contributed by atoms with Gasteiger partial charge in [0, 0.05) is 44.2 Å². The molecule has 1 saturated carbocycles. The molecule has 2 aliphatic heterocycles. The SMILES string of the molecule is C=C1N(C)c2cnc(Cc3ccc(OC4CCN(C)CC4)cc3OC)nc2N1C1CCCC1. The molecule has 1 saturated heterocycles. The molecule has 2 fully saturated rings. The molecule has 5 rings (SSSR count). The second kappa shape index (κ2) is 9.21. The summed E-state index contributed by atoms with van der Waals surface area (Å²) >= 11 is 0. The Morgan fingerprint density at radius 2 is 1.85 bits per heavy atom. The Labute approximate surface area is 197 Å². The summed E-state index contributed by atoms with van der Waals surface area (Å²) in [5.74, 6) is 4.46. The first-order valence-corrected chi connectivity index (χ1v) is 12.1. The molecule has 0 spiro atoms. The molecular weight excluding hydrogens is 414 g/mol. The first-order chi connectivity index (χ1) is 16.0. The van der Waals surface area contributed by atoms with Gasteiger partial charge in [-0.3, -0.25) is 0 Å². The number of anilines is 2. The molecule has 0 N–H and O–H groups in total. The first kappa shape index (κ1) is 22.0. The molecule has 1 aliphatic carbocycles. The average molecular weight is 450 g/mol. The van der Waals surface area contributed by atoms with Crippen LogP contribution in [0.2, 0.25) is 0 Å². The van der Waals surface area contributed by atoms with Crippen LogP contribution in [0.1, 0.15) is 49.9 Å². The molecule has 0 atom stereocenters. The molecule has 33 heavy (non-hydrogen) atoms. The van der Waals surface area contributed by atoms with Crippen LogP contribution in [0.15, 0.2) is 36.8 Å². The summed E-state index contributed by atoms with van der Waals surface area (Å²) in [6.45, 7) is 6.48. The molecule has 0 unspecified atom stereocenters. The highest BCUT2D eigenvalue weighted by molar-refractivity contribution is 5.78. The van der Waals surface area contributed by atoms with Crippen LogP contribution in [0.4, 0.5) is 11.5 Å². The minimum absolute atomic E-state index is 0.267. The summed E-state index contributed by atoms with van der Waals surface area (Å²) in [6.07, 6.45) is 9.85. The van der Waals surface area contributed by atoms with E-state index in [-0.39, 0.29) is 6.10 Å². The van der Waals surface area contributed by atoms with E-state index in [4.69, 9.17) is 14.5 Å². The van der Waals surface area contributed by atoms with E-state index in [1.165, 1.54) is 25.7 Å². The van der Waals surface area contributed by atoms with Gasteiger partial charge in [-0.1, -0.05) is 25.5 Å². The predicted octanol–water partition coefficient (Wildman–Crippen LogP) is 4.22. The van der Waals surface area contributed by atoms with E-state index in [9.17, 15) is 0 Å². The van der Waals surface area contributed by atoms with Crippen molar-refractivity contribution in [3.05, 3.63) is 48.2 Å². The Kier molecular flexibility index (Phi) is 6.15. The Morgan fingerprint density at radius 3 is 2.58 bits per heavy atom. The largest absolute Gasteiger partial charge is 0.496 e. The standard InChI is InChI=1S/C26H35N5O2/c1-18-30(3)23-17-27-25(28-26(23)31(18)20-7-5-6-8-20)15-19-9-10-22(16-24(19)32-4)33-21-11-13-29(2)14-12-21/h9-10,16-17,20-21H,1,5-8,11-15H2,2-4H3. The zero-order chi connectivity index (χ0) is 22.9. The van der Waals surface area contributed by atoms with Gasteiger partial charge >= 0.3 is 0 Å². The van der Waals surface area contributed by atoms with Crippen molar-refractivity contribution in [2.45, 2.75) is 57.1 Å². The van der Waals surface area contributed by atoms with Gasteiger partial charge in [-0.2, -0.15) is 0 Å². The number of rotatable bonds is 6. The Balaban J connectivity index is 1.34. The molecule has 1 aromatic heterocycles. The third-order valence-electron chi connectivity index (χ3n) is 7.32. The van der Waals surface area contributed by atoms with Gasteiger partial charge in [0.05, 0.1) is 13.3 Å². The van der Waals surface area contributed by atoms with Gasteiger partial charge in [-0.05, 0) is 38.8 Å². The van der Waals surface area contributed by atoms with Crippen molar-refractivity contribution in [2.75, 3.05) is 44.1 Å². The number of likely N-dealkylation sites (tertiary alicyclic amines) is 1. The smallest absolute Gasteiger partial charge is 0.162 e. The van der Waals surface area contributed by atoms with Crippen LogP contribution in [0.25, 0.3) is 0 Å². The number of fused-ring (bicyclic) bond motifs is 1. The first-order valence-electron chi connectivity index (χ1n) is 12.1. The fourth-order valence-electron chi connectivity index (χ4n) is 5.28. The van der Waals surface area contributed by atoms with E-state index in [0.717, 1.165) is 66.1 Å². The van der Waals surface area contributed by atoms with Crippen LogP contribution < -0.4 is 19.3 Å². The molecule has 2 aromatic rings. The normalized spacial score (nSPS) is 19.9. The Hall–Kier alpha value is -2.80. The number of nitrogens with zero attached hydrogens (tertiary/aromatic N) is 5. The summed E-state index contributed by atoms with van der Waals surface area (Å²) in [4.78, 5) is 16.4. The van der Waals surface area contributed by atoms with E-state index in [1.54, 1.807) is 7.11 Å².